The summed E-state index contributed by atoms with van der Waals surface area (Å²) in [4.78, 5) is 4.43. The molecule has 0 amide bonds. The number of rotatable bonds is 4. The van der Waals surface area contributed by atoms with Crippen LogP contribution in [0.25, 0.3) is 5.65 Å². The SMILES string of the molecule is CCC(C)(CN)C(O)c1cn2ccccc2n1. The molecule has 2 atom stereocenters. The van der Waals surface area contributed by atoms with Gasteiger partial charge in [-0.05, 0) is 18.6 Å². The van der Waals surface area contributed by atoms with Gasteiger partial charge in [-0.1, -0.05) is 19.9 Å². The predicted octanol–water partition coefficient (Wildman–Crippen LogP) is 1.74. The number of imidazole rings is 1. The lowest BCUT2D eigenvalue weighted by molar-refractivity contribution is 0.0361. The molecule has 4 heteroatoms. The minimum absolute atomic E-state index is 0.321. The average molecular weight is 233 g/mol. The third-order valence-corrected chi connectivity index (χ3v) is 3.60. The first kappa shape index (κ1) is 12.1. The Balaban J connectivity index is 2.39. The number of pyridine rings is 1. The lowest BCUT2D eigenvalue weighted by Crippen LogP contribution is -2.33. The average Bonchev–Trinajstić information content (AvgIpc) is 2.80. The fourth-order valence-corrected chi connectivity index (χ4v) is 1.89. The van der Waals surface area contributed by atoms with E-state index in [4.69, 9.17) is 5.73 Å². The molecule has 0 aliphatic carbocycles. The van der Waals surface area contributed by atoms with Crippen molar-refractivity contribution < 1.29 is 5.11 Å². The number of aliphatic hydroxyl groups excluding tert-OH is 1. The van der Waals surface area contributed by atoms with Gasteiger partial charge in [0, 0.05) is 24.4 Å². The van der Waals surface area contributed by atoms with Gasteiger partial charge < -0.3 is 15.2 Å². The Hall–Kier alpha value is -1.39. The quantitative estimate of drug-likeness (QED) is 0.845. The van der Waals surface area contributed by atoms with Gasteiger partial charge in [-0.25, -0.2) is 4.98 Å². The lowest BCUT2D eigenvalue weighted by atomic mass is 9.80. The minimum atomic E-state index is -0.627. The Kier molecular flexibility index (Phi) is 3.17. The second-order valence-corrected chi connectivity index (χ2v) is 4.75. The highest BCUT2D eigenvalue weighted by Gasteiger charge is 2.32. The number of aliphatic hydroxyl groups is 1. The Morgan fingerprint density at radius 1 is 1.53 bits per heavy atom. The molecule has 4 nitrogen and oxygen atoms in total. The molecule has 0 bridgehead atoms. The molecular formula is C13H19N3O. The summed E-state index contributed by atoms with van der Waals surface area (Å²) in [6.45, 7) is 4.46. The third kappa shape index (κ3) is 2.06. The summed E-state index contributed by atoms with van der Waals surface area (Å²) in [5, 5.41) is 10.4. The van der Waals surface area contributed by atoms with Gasteiger partial charge in [-0.2, -0.15) is 0 Å². The highest BCUT2D eigenvalue weighted by atomic mass is 16.3. The fraction of sp³-hybridized carbons (Fsp3) is 0.462. The van der Waals surface area contributed by atoms with Crippen LogP contribution in [0.2, 0.25) is 0 Å². The van der Waals surface area contributed by atoms with E-state index >= 15 is 0 Å². The van der Waals surface area contributed by atoms with Crippen LogP contribution in [0.4, 0.5) is 0 Å². The molecular weight excluding hydrogens is 214 g/mol. The van der Waals surface area contributed by atoms with E-state index in [-0.39, 0.29) is 5.41 Å². The van der Waals surface area contributed by atoms with Gasteiger partial charge in [0.15, 0.2) is 0 Å². The van der Waals surface area contributed by atoms with Crippen LogP contribution >= 0.6 is 0 Å². The number of nitrogens with zero attached hydrogens (tertiary/aromatic N) is 2. The standard InChI is InChI=1S/C13H19N3O/c1-3-13(2,9-14)12(17)10-8-16-7-5-4-6-11(16)15-10/h4-8,12,17H,3,9,14H2,1-2H3. The van der Waals surface area contributed by atoms with Crippen molar-refractivity contribution in [3.05, 3.63) is 36.3 Å². The molecule has 3 N–H and O–H groups in total. The number of hydrogen-bond donors (Lipinski definition) is 2. The molecule has 0 aliphatic rings. The number of aromatic nitrogens is 2. The second kappa shape index (κ2) is 4.47. The van der Waals surface area contributed by atoms with Gasteiger partial charge in [0.2, 0.25) is 0 Å². The maximum Gasteiger partial charge on any atom is 0.137 e. The molecule has 0 saturated carbocycles. The predicted molar refractivity (Wildman–Crippen MR) is 67.6 cm³/mol. The van der Waals surface area contributed by atoms with E-state index in [9.17, 15) is 5.11 Å². The molecule has 17 heavy (non-hydrogen) atoms. The van der Waals surface area contributed by atoms with Crippen LogP contribution < -0.4 is 5.73 Å². The van der Waals surface area contributed by atoms with Gasteiger partial charge in [-0.15, -0.1) is 0 Å². The summed E-state index contributed by atoms with van der Waals surface area (Å²) >= 11 is 0. The maximum atomic E-state index is 10.4. The van der Waals surface area contributed by atoms with Crippen LogP contribution in [0.1, 0.15) is 32.1 Å². The largest absolute Gasteiger partial charge is 0.386 e. The van der Waals surface area contributed by atoms with E-state index in [0.717, 1.165) is 12.1 Å². The molecule has 2 unspecified atom stereocenters. The van der Waals surface area contributed by atoms with Gasteiger partial charge in [-0.3, -0.25) is 0 Å². The lowest BCUT2D eigenvalue weighted by Gasteiger charge is -2.30. The van der Waals surface area contributed by atoms with Crippen molar-refractivity contribution in [1.29, 1.82) is 0 Å². The summed E-state index contributed by atoms with van der Waals surface area (Å²) in [7, 11) is 0. The molecule has 2 aromatic rings. The van der Waals surface area contributed by atoms with Crippen molar-refractivity contribution in [3.8, 4) is 0 Å². The summed E-state index contributed by atoms with van der Waals surface area (Å²) in [6, 6.07) is 5.79. The molecule has 0 spiro atoms. The maximum absolute atomic E-state index is 10.4. The monoisotopic (exact) mass is 233 g/mol. The molecule has 0 aliphatic heterocycles. The summed E-state index contributed by atoms with van der Waals surface area (Å²) in [6.07, 6.45) is 3.98. The first-order valence-electron chi connectivity index (χ1n) is 5.92. The molecule has 0 saturated heterocycles. The third-order valence-electron chi connectivity index (χ3n) is 3.60. The smallest absolute Gasteiger partial charge is 0.137 e. The molecule has 2 heterocycles. The van der Waals surface area contributed by atoms with Gasteiger partial charge in [0.1, 0.15) is 11.8 Å². The van der Waals surface area contributed by atoms with Gasteiger partial charge in [0.05, 0.1) is 5.69 Å². The van der Waals surface area contributed by atoms with Crippen LogP contribution in [0, 0.1) is 5.41 Å². The first-order valence-corrected chi connectivity index (χ1v) is 5.92. The number of hydrogen-bond acceptors (Lipinski definition) is 3. The van der Waals surface area contributed by atoms with E-state index in [1.165, 1.54) is 0 Å². The van der Waals surface area contributed by atoms with E-state index in [2.05, 4.69) is 4.98 Å². The van der Waals surface area contributed by atoms with Crippen LogP contribution in [-0.2, 0) is 0 Å². The van der Waals surface area contributed by atoms with Crippen molar-refractivity contribution in [2.75, 3.05) is 6.54 Å². The van der Waals surface area contributed by atoms with Crippen molar-refractivity contribution in [2.45, 2.75) is 26.4 Å². The van der Waals surface area contributed by atoms with E-state index in [0.29, 0.717) is 12.2 Å². The number of fused-ring (bicyclic) bond motifs is 1. The van der Waals surface area contributed by atoms with Crippen LogP contribution in [0.5, 0.6) is 0 Å². The normalized spacial score (nSPS) is 16.9. The van der Waals surface area contributed by atoms with Gasteiger partial charge >= 0.3 is 0 Å². The highest BCUT2D eigenvalue weighted by molar-refractivity contribution is 5.40. The molecule has 2 aromatic heterocycles. The minimum Gasteiger partial charge on any atom is -0.386 e. The highest BCUT2D eigenvalue weighted by Crippen LogP contribution is 2.35. The zero-order chi connectivity index (χ0) is 12.5. The Bertz CT molecular complexity index is 469. The summed E-state index contributed by atoms with van der Waals surface area (Å²) < 4.78 is 1.91. The molecule has 0 radical (unpaired) electrons. The molecule has 0 aromatic carbocycles. The summed E-state index contributed by atoms with van der Waals surface area (Å²) in [5.74, 6) is 0. The zero-order valence-corrected chi connectivity index (χ0v) is 10.3. The second-order valence-electron chi connectivity index (χ2n) is 4.75. The Morgan fingerprint density at radius 3 is 2.88 bits per heavy atom. The Labute approximate surface area is 101 Å². The van der Waals surface area contributed by atoms with Crippen LogP contribution in [0.3, 0.4) is 0 Å². The van der Waals surface area contributed by atoms with Crippen LogP contribution in [0.15, 0.2) is 30.6 Å². The number of nitrogens with two attached hydrogens (primary N) is 1. The topological polar surface area (TPSA) is 63.5 Å². The van der Waals surface area contributed by atoms with Crippen molar-refractivity contribution in [1.82, 2.24) is 9.38 Å². The molecule has 0 fully saturated rings. The van der Waals surface area contributed by atoms with E-state index in [1.807, 2.05) is 48.8 Å². The van der Waals surface area contributed by atoms with E-state index in [1.54, 1.807) is 0 Å². The summed E-state index contributed by atoms with van der Waals surface area (Å²) in [5.41, 5.74) is 6.96. The van der Waals surface area contributed by atoms with Gasteiger partial charge in [0.25, 0.3) is 0 Å². The van der Waals surface area contributed by atoms with Crippen molar-refractivity contribution >= 4 is 5.65 Å². The van der Waals surface area contributed by atoms with Crippen LogP contribution in [-0.4, -0.2) is 21.0 Å². The fourth-order valence-electron chi connectivity index (χ4n) is 1.89. The van der Waals surface area contributed by atoms with E-state index < -0.39 is 6.10 Å². The Morgan fingerprint density at radius 2 is 2.29 bits per heavy atom. The van der Waals surface area contributed by atoms with Crippen molar-refractivity contribution in [2.24, 2.45) is 11.1 Å². The first-order chi connectivity index (χ1) is 8.10. The zero-order valence-electron chi connectivity index (χ0n) is 10.3. The van der Waals surface area contributed by atoms with Crippen molar-refractivity contribution in [3.63, 3.8) is 0 Å². The molecule has 2 rings (SSSR count). The molecule has 92 valence electrons.